The minimum Gasteiger partial charge on any atom is -0.414 e. The van der Waals surface area contributed by atoms with Crippen LogP contribution in [0.15, 0.2) is 134 Å². The molecule has 4 rings (SSSR count). The van der Waals surface area contributed by atoms with Crippen LogP contribution in [0.2, 0.25) is 18.1 Å². The fourth-order valence-electron chi connectivity index (χ4n) is 5.18. The van der Waals surface area contributed by atoms with Gasteiger partial charge >= 0.3 is 0 Å². The van der Waals surface area contributed by atoms with Crippen LogP contribution in [0.25, 0.3) is 0 Å². The van der Waals surface area contributed by atoms with Gasteiger partial charge in [0.1, 0.15) is 23.9 Å². The number of aliphatic hydroxyl groups is 1. The van der Waals surface area contributed by atoms with Crippen LogP contribution in [0, 0.1) is 0 Å². The first-order chi connectivity index (χ1) is 23.5. The largest absolute Gasteiger partial charge is 0.414 e. The molecule has 1 N–H and O–H groups in total. The number of rotatable bonds is 20. The topological polar surface area (TPSA) is 66.4 Å². The Morgan fingerprint density at radius 3 is 1.45 bits per heavy atom. The zero-order valence-electron chi connectivity index (χ0n) is 29.8. The lowest BCUT2D eigenvalue weighted by Crippen LogP contribution is -2.60. The van der Waals surface area contributed by atoms with Gasteiger partial charge in [-0.1, -0.05) is 148 Å². The molecule has 4 aromatic rings. The van der Waals surface area contributed by atoms with Crippen LogP contribution in [0.4, 0.5) is 0 Å². The highest BCUT2D eigenvalue weighted by Gasteiger charge is 2.49. The molecular weight excluding hydrogens is 629 g/mol. The predicted molar refractivity (Wildman–Crippen MR) is 199 cm³/mol. The summed E-state index contributed by atoms with van der Waals surface area (Å²) in [6, 6.07) is 39.8. The molecule has 0 amide bonds. The molecule has 0 heterocycles. The number of hydrogen-bond donors (Lipinski definition) is 1. The average molecular weight is 683 g/mol. The molecule has 0 aliphatic heterocycles. The first kappa shape index (κ1) is 38.4. The Morgan fingerprint density at radius 2 is 1.02 bits per heavy atom. The third kappa shape index (κ3) is 11.6. The van der Waals surface area contributed by atoms with E-state index >= 15 is 0 Å². The van der Waals surface area contributed by atoms with Gasteiger partial charge in [0.05, 0.1) is 39.6 Å². The van der Waals surface area contributed by atoms with Crippen molar-refractivity contribution in [1.29, 1.82) is 0 Å². The van der Waals surface area contributed by atoms with Gasteiger partial charge in [-0.15, -0.1) is 6.58 Å². The molecule has 49 heavy (non-hydrogen) atoms. The van der Waals surface area contributed by atoms with Crippen LogP contribution in [-0.2, 0) is 49.8 Å². The zero-order valence-corrected chi connectivity index (χ0v) is 30.8. The summed E-state index contributed by atoms with van der Waals surface area (Å²) in [5, 5.41) is 12.8. The van der Waals surface area contributed by atoms with Gasteiger partial charge in [0.2, 0.25) is 0 Å². The van der Waals surface area contributed by atoms with Gasteiger partial charge in [-0.05, 0) is 40.4 Å². The highest BCUT2D eigenvalue weighted by molar-refractivity contribution is 6.74. The van der Waals surface area contributed by atoms with Crippen LogP contribution in [-0.4, -0.2) is 50.6 Å². The van der Waals surface area contributed by atoms with Crippen LogP contribution >= 0.6 is 0 Å². The van der Waals surface area contributed by atoms with E-state index in [1.54, 1.807) is 0 Å². The molecule has 0 aliphatic carbocycles. The van der Waals surface area contributed by atoms with E-state index in [4.69, 9.17) is 23.4 Å². The van der Waals surface area contributed by atoms with Gasteiger partial charge in [-0.25, -0.2) is 0 Å². The second-order valence-electron chi connectivity index (χ2n) is 14.0. The van der Waals surface area contributed by atoms with E-state index in [1.165, 1.54) is 6.08 Å². The molecule has 262 valence electrons. The quantitative estimate of drug-likeness (QED) is 0.0742. The second kappa shape index (κ2) is 18.6. The predicted octanol–water partition coefficient (Wildman–Crippen LogP) is 8.90. The maximum absolute atomic E-state index is 12.9. The standard InChI is InChI=1S/C42H54O6Si/c1-7-42(43,39(46-30-36-24-16-10-17-25-36)33-44-28-34-20-12-8-13-21-34)40(47-31-37-26-18-11-19-27-37)38(32-48-49(5,6)41(2,3)4)45-29-35-22-14-9-15-23-35/h7-27,38-40,43H,1,28-33H2,2-6H3/t38-,39+,40+,42+/m0/s1. The molecule has 0 aromatic heterocycles. The average Bonchev–Trinajstić information content (AvgIpc) is 3.11. The van der Waals surface area contributed by atoms with Crippen molar-refractivity contribution >= 4 is 8.32 Å². The molecule has 0 unspecified atom stereocenters. The highest BCUT2D eigenvalue weighted by Crippen LogP contribution is 2.38. The molecule has 0 saturated heterocycles. The summed E-state index contributed by atoms with van der Waals surface area (Å²) in [5.41, 5.74) is 2.23. The normalized spacial score (nSPS) is 15.2. The lowest BCUT2D eigenvalue weighted by molar-refractivity contribution is -0.217. The number of hydrogen-bond acceptors (Lipinski definition) is 6. The summed E-state index contributed by atoms with van der Waals surface area (Å²) < 4.78 is 33.0. The Hall–Kier alpha value is -3.40. The fraction of sp³-hybridized carbons (Fsp3) is 0.381. The molecule has 4 atom stereocenters. The van der Waals surface area contributed by atoms with Crippen LogP contribution in [0.3, 0.4) is 0 Å². The summed E-state index contributed by atoms with van der Waals surface area (Å²) in [6.45, 7) is 16.7. The molecular formula is C42H54O6Si. The number of benzene rings is 4. The van der Waals surface area contributed by atoms with Crippen LogP contribution in [0.5, 0.6) is 0 Å². The third-order valence-electron chi connectivity index (χ3n) is 9.30. The van der Waals surface area contributed by atoms with E-state index in [1.807, 2.05) is 121 Å². The Morgan fingerprint density at radius 1 is 0.612 bits per heavy atom. The van der Waals surface area contributed by atoms with Crippen molar-refractivity contribution in [2.24, 2.45) is 0 Å². The first-order valence-corrected chi connectivity index (χ1v) is 20.0. The molecule has 7 heteroatoms. The molecule has 0 fully saturated rings. The maximum Gasteiger partial charge on any atom is 0.192 e. The molecule has 0 saturated carbocycles. The monoisotopic (exact) mass is 682 g/mol. The summed E-state index contributed by atoms with van der Waals surface area (Å²) in [5.74, 6) is 0. The van der Waals surface area contributed by atoms with Crippen molar-refractivity contribution in [2.45, 2.75) is 89.2 Å². The summed E-state index contributed by atoms with van der Waals surface area (Å²) in [7, 11) is -2.22. The first-order valence-electron chi connectivity index (χ1n) is 17.1. The maximum atomic E-state index is 12.9. The van der Waals surface area contributed by atoms with Crippen molar-refractivity contribution in [2.75, 3.05) is 13.2 Å². The molecule has 0 spiro atoms. The zero-order chi connectivity index (χ0) is 35.2. The second-order valence-corrected chi connectivity index (χ2v) is 18.8. The Bertz CT molecular complexity index is 1490. The molecule has 0 bridgehead atoms. The van der Waals surface area contributed by atoms with Gasteiger partial charge < -0.3 is 28.5 Å². The van der Waals surface area contributed by atoms with E-state index in [2.05, 4.69) is 40.4 Å². The lowest BCUT2D eigenvalue weighted by atomic mass is 9.86. The van der Waals surface area contributed by atoms with E-state index in [-0.39, 0.29) is 31.5 Å². The lowest BCUT2D eigenvalue weighted by Gasteiger charge is -2.44. The SMILES string of the molecule is C=C[C@](O)([C@H](OCc1ccccc1)[C@H](CO[Si](C)(C)C(C)(C)C)OCc1ccccc1)[C@@H](COCc1ccccc1)OCc1ccccc1. The molecule has 0 radical (unpaired) electrons. The van der Waals surface area contributed by atoms with Crippen molar-refractivity contribution in [3.63, 3.8) is 0 Å². The van der Waals surface area contributed by atoms with E-state index in [9.17, 15) is 5.11 Å². The Kier molecular flexibility index (Phi) is 14.5. The fourth-order valence-corrected chi connectivity index (χ4v) is 6.20. The van der Waals surface area contributed by atoms with Gasteiger partial charge in [0.15, 0.2) is 8.32 Å². The smallest absolute Gasteiger partial charge is 0.192 e. The van der Waals surface area contributed by atoms with Gasteiger partial charge in [0, 0.05) is 0 Å². The molecule has 6 nitrogen and oxygen atoms in total. The minimum atomic E-state index is -2.22. The van der Waals surface area contributed by atoms with Crippen LogP contribution in [0.1, 0.15) is 43.0 Å². The van der Waals surface area contributed by atoms with E-state index < -0.39 is 32.2 Å². The Balaban J connectivity index is 1.71. The van der Waals surface area contributed by atoms with Gasteiger partial charge in [0.25, 0.3) is 0 Å². The summed E-state index contributed by atoms with van der Waals surface area (Å²) in [4.78, 5) is 0. The third-order valence-corrected chi connectivity index (χ3v) is 13.8. The van der Waals surface area contributed by atoms with Crippen molar-refractivity contribution < 1.29 is 28.5 Å². The molecule has 4 aromatic carbocycles. The van der Waals surface area contributed by atoms with Crippen molar-refractivity contribution in [3.8, 4) is 0 Å². The van der Waals surface area contributed by atoms with Crippen LogP contribution < -0.4 is 0 Å². The summed E-state index contributed by atoms with van der Waals surface area (Å²) >= 11 is 0. The highest BCUT2D eigenvalue weighted by atomic mass is 28.4. The van der Waals surface area contributed by atoms with Gasteiger partial charge in [-0.2, -0.15) is 0 Å². The van der Waals surface area contributed by atoms with E-state index in [0.29, 0.717) is 13.2 Å². The molecule has 0 aliphatic rings. The van der Waals surface area contributed by atoms with Gasteiger partial charge in [-0.3, -0.25) is 0 Å². The van der Waals surface area contributed by atoms with E-state index in [0.717, 1.165) is 22.3 Å². The summed E-state index contributed by atoms with van der Waals surface area (Å²) in [6.07, 6.45) is -0.946. The van der Waals surface area contributed by atoms with Crippen molar-refractivity contribution in [1.82, 2.24) is 0 Å². The minimum absolute atomic E-state index is 0.0290. The number of ether oxygens (including phenoxy) is 4. The van der Waals surface area contributed by atoms with Crippen molar-refractivity contribution in [3.05, 3.63) is 156 Å². The Labute approximate surface area is 294 Å².